The third-order valence-electron chi connectivity index (χ3n) is 3.87. The molecule has 1 aromatic carbocycles. The Morgan fingerprint density at radius 3 is 2.90 bits per heavy atom. The number of hydrogen-bond acceptors (Lipinski definition) is 4. The zero-order valence-electron chi connectivity index (χ0n) is 13.2. The van der Waals surface area contributed by atoms with Gasteiger partial charge in [-0.25, -0.2) is 0 Å². The molecule has 0 amide bonds. The Bertz CT molecular complexity index is 436. The van der Waals surface area contributed by atoms with Crippen LogP contribution in [-0.4, -0.2) is 42.9 Å². The summed E-state index contributed by atoms with van der Waals surface area (Å²) in [4.78, 5) is 2.30. The van der Waals surface area contributed by atoms with Crippen LogP contribution >= 0.6 is 0 Å². The normalized spacial score (nSPS) is 19.5. The number of aliphatic hydroxyl groups excluding tert-OH is 1. The van der Waals surface area contributed by atoms with Crippen molar-refractivity contribution < 1.29 is 14.6 Å². The Labute approximate surface area is 127 Å². The first-order chi connectivity index (χ1) is 10.2. The van der Waals surface area contributed by atoms with Crippen LogP contribution in [-0.2, 0) is 6.54 Å². The highest BCUT2D eigenvalue weighted by atomic mass is 16.5. The second-order valence-electron chi connectivity index (χ2n) is 5.72. The van der Waals surface area contributed by atoms with Gasteiger partial charge in [0, 0.05) is 13.1 Å². The predicted molar refractivity (Wildman–Crippen MR) is 83.9 cm³/mol. The second-order valence-corrected chi connectivity index (χ2v) is 5.72. The molecular weight excluding hydrogens is 266 g/mol. The van der Waals surface area contributed by atoms with Gasteiger partial charge in [-0.05, 0) is 43.5 Å². The van der Waals surface area contributed by atoms with Crippen molar-refractivity contribution in [3.8, 4) is 11.5 Å². The number of nitrogens with zero attached hydrogens (tertiary/aromatic N) is 1. The molecular formula is C17H27NO3. The van der Waals surface area contributed by atoms with Gasteiger partial charge in [-0.3, -0.25) is 4.90 Å². The number of benzene rings is 1. The Morgan fingerprint density at radius 2 is 2.19 bits per heavy atom. The number of ether oxygens (including phenoxy) is 2. The third-order valence-corrected chi connectivity index (χ3v) is 3.87. The number of unbranched alkanes of at least 4 members (excludes halogenated alkanes) is 1. The lowest BCUT2D eigenvalue weighted by molar-refractivity contribution is 0.0668. The highest BCUT2D eigenvalue weighted by Gasteiger charge is 2.18. The fourth-order valence-electron chi connectivity index (χ4n) is 2.69. The average Bonchev–Trinajstić information content (AvgIpc) is 2.48. The molecule has 0 spiro atoms. The first kappa shape index (κ1) is 16.1. The smallest absolute Gasteiger partial charge is 0.161 e. The fraction of sp³-hybridized carbons (Fsp3) is 0.647. The van der Waals surface area contributed by atoms with Crippen LogP contribution in [0.1, 0.15) is 38.2 Å². The molecule has 1 atom stereocenters. The van der Waals surface area contributed by atoms with Gasteiger partial charge in [0.05, 0.1) is 19.8 Å². The lowest BCUT2D eigenvalue weighted by atomic mass is 10.1. The maximum Gasteiger partial charge on any atom is 0.161 e. The van der Waals surface area contributed by atoms with Crippen molar-refractivity contribution in [2.24, 2.45) is 0 Å². The van der Waals surface area contributed by atoms with E-state index in [-0.39, 0.29) is 6.10 Å². The number of hydrogen-bond donors (Lipinski definition) is 1. The minimum absolute atomic E-state index is 0.183. The van der Waals surface area contributed by atoms with E-state index in [0.29, 0.717) is 0 Å². The van der Waals surface area contributed by atoms with E-state index >= 15 is 0 Å². The average molecular weight is 293 g/mol. The molecule has 1 aliphatic heterocycles. The van der Waals surface area contributed by atoms with Crippen LogP contribution in [0.5, 0.6) is 11.5 Å². The quantitative estimate of drug-likeness (QED) is 0.785. The van der Waals surface area contributed by atoms with Gasteiger partial charge in [0.15, 0.2) is 11.5 Å². The van der Waals surface area contributed by atoms with E-state index in [4.69, 9.17) is 9.47 Å². The molecule has 4 nitrogen and oxygen atoms in total. The van der Waals surface area contributed by atoms with E-state index in [2.05, 4.69) is 24.0 Å². The van der Waals surface area contributed by atoms with Gasteiger partial charge in [-0.2, -0.15) is 0 Å². The Kier molecular flexibility index (Phi) is 6.33. The van der Waals surface area contributed by atoms with Gasteiger partial charge in [0.25, 0.3) is 0 Å². The number of piperidine rings is 1. The monoisotopic (exact) mass is 293 g/mol. The highest BCUT2D eigenvalue weighted by Crippen LogP contribution is 2.29. The van der Waals surface area contributed by atoms with Gasteiger partial charge in [0.2, 0.25) is 0 Å². The third kappa shape index (κ3) is 4.90. The van der Waals surface area contributed by atoms with Crippen molar-refractivity contribution in [3.63, 3.8) is 0 Å². The van der Waals surface area contributed by atoms with Crippen LogP contribution in [0.3, 0.4) is 0 Å². The first-order valence-electron chi connectivity index (χ1n) is 7.93. The van der Waals surface area contributed by atoms with E-state index in [1.54, 1.807) is 7.11 Å². The van der Waals surface area contributed by atoms with Crippen molar-refractivity contribution in [1.29, 1.82) is 0 Å². The van der Waals surface area contributed by atoms with Gasteiger partial charge in [0.1, 0.15) is 0 Å². The summed E-state index contributed by atoms with van der Waals surface area (Å²) in [5.74, 6) is 1.61. The van der Waals surface area contributed by atoms with Crippen LogP contribution in [0.15, 0.2) is 18.2 Å². The van der Waals surface area contributed by atoms with Crippen LogP contribution < -0.4 is 9.47 Å². The van der Waals surface area contributed by atoms with E-state index in [9.17, 15) is 5.11 Å². The maximum absolute atomic E-state index is 9.75. The number of methoxy groups -OCH3 is 1. The number of rotatable bonds is 7. The molecule has 1 N–H and O–H groups in total. The summed E-state index contributed by atoms with van der Waals surface area (Å²) in [5.41, 5.74) is 1.20. The van der Waals surface area contributed by atoms with Crippen LogP contribution in [0.25, 0.3) is 0 Å². The maximum atomic E-state index is 9.75. The summed E-state index contributed by atoms with van der Waals surface area (Å²) >= 11 is 0. The molecule has 4 heteroatoms. The van der Waals surface area contributed by atoms with E-state index in [1.807, 2.05) is 6.07 Å². The zero-order chi connectivity index (χ0) is 15.1. The van der Waals surface area contributed by atoms with E-state index in [0.717, 1.165) is 63.4 Å². The molecule has 21 heavy (non-hydrogen) atoms. The highest BCUT2D eigenvalue weighted by molar-refractivity contribution is 5.43. The Morgan fingerprint density at radius 1 is 1.33 bits per heavy atom. The summed E-state index contributed by atoms with van der Waals surface area (Å²) < 4.78 is 11.2. The molecule has 2 rings (SSSR count). The Hall–Kier alpha value is -1.26. The van der Waals surface area contributed by atoms with E-state index in [1.165, 1.54) is 5.56 Å². The van der Waals surface area contributed by atoms with Crippen molar-refractivity contribution in [1.82, 2.24) is 4.90 Å². The molecule has 0 saturated carbocycles. The standard InChI is InChI=1S/C17H27NO3/c1-3-4-10-21-17-11-14(7-8-16(17)20-2)12-18-9-5-6-15(19)13-18/h7-8,11,15,19H,3-6,9-10,12-13H2,1-2H3. The molecule has 0 aliphatic carbocycles. The van der Waals surface area contributed by atoms with Crippen molar-refractivity contribution in [2.75, 3.05) is 26.8 Å². The predicted octanol–water partition coefficient (Wildman–Crippen LogP) is 2.83. The lowest BCUT2D eigenvalue weighted by Crippen LogP contribution is -2.37. The van der Waals surface area contributed by atoms with Crippen LogP contribution in [0, 0.1) is 0 Å². The molecule has 1 saturated heterocycles. The molecule has 0 radical (unpaired) electrons. The van der Waals surface area contributed by atoms with Crippen molar-refractivity contribution in [2.45, 2.75) is 45.3 Å². The molecule has 118 valence electrons. The molecule has 0 aromatic heterocycles. The summed E-state index contributed by atoms with van der Waals surface area (Å²) in [7, 11) is 1.67. The molecule has 1 unspecified atom stereocenters. The zero-order valence-corrected chi connectivity index (χ0v) is 13.2. The lowest BCUT2D eigenvalue weighted by Gasteiger charge is -2.30. The fourth-order valence-corrected chi connectivity index (χ4v) is 2.69. The van der Waals surface area contributed by atoms with Gasteiger partial charge in [-0.15, -0.1) is 0 Å². The summed E-state index contributed by atoms with van der Waals surface area (Å²) in [6, 6.07) is 6.11. The van der Waals surface area contributed by atoms with Gasteiger partial charge < -0.3 is 14.6 Å². The summed E-state index contributed by atoms with van der Waals surface area (Å²) in [6.07, 6.45) is 3.97. The largest absolute Gasteiger partial charge is 0.493 e. The number of likely N-dealkylation sites (tertiary alicyclic amines) is 1. The summed E-state index contributed by atoms with van der Waals surface area (Å²) in [5, 5.41) is 9.75. The van der Waals surface area contributed by atoms with Crippen molar-refractivity contribution >= 4 is 0 Å². The minimum atomic E-state index is -0.183. The van der Waals surface area contributed by atoms with Crippen molar-refractivity contribution in [3.05, 3.63) is 23.8 Å². The number of aliphatic hydroxyl groups is 1. The van der Waals surface area contributed by atoms with E-state index < -0.39 is 0 Å². The number of β-amino-alcohol motifs (C(OH)–C–C–N with tert-alkyl or cyclic N) is 1. The second kappa shape index (κ2) is 8.25. The Balaban J connectivity index is 2.00. The molecule has 1 fully saturated rings. The minimum Gasteiger partial charge on any atom is -0.493 e. The first-order valence-corrected chi connectivity index (χ1v) is 7.93. The van der Waals surface area contributed by atoms with Crippen LogP contribution in [0.4, 0.5) is 0 Å². The SMILES string of the molecule is CCCCOc1cc(CN2CCCC(O)C2)ccc1OC. The molecule has 1 aromatic rings. The molecule has 0 bridgehead atoms. The summed E-state index contributed by atoms with van der Waals surface area (Å²) in [6.45, 7) is 5.54. The topological polar surface area (TPSA) is 41.9 Å². The van der Waals surface area contributed by atoms with Gasteiger partial charge >= 0.3 is 0 Å². The molecule has 1 aliphatic rings. The molecule has 1 heterocycles. The van der Waals surface area contributed by atoms with Crippen LogP contribution in [0.2, 0.25) is 0 Å². The van der Waals surface area contributed by atoms with Gasteiger partial charge in [-0.1, -0.05) is 19.4 Å².